The number of hydrogen-bond donors (Lipinski definition) is 0. The van der Waals surface area contributed by atoms with Crippen LogP contribution in [-0.2, 0) is 0 Å². The van der Waals surface area contributed by atoms with Crippen molar-refractivity contribution in [3.8, 4) is 0 Å². The summed E-state index contributed by atoms with van der Waals surface area (Å²) in [6.45, 7) is 0. The molecule has 6 heteroatoms. The fraction of sp³-hybridized carbons (Fsp3) is 0. The molecule has 3 nitrogen and oxygen atoms in total. The highest BCUT2D eigenvalue weighted by Gasteiger charge is 2.40. The van der Waals surface area contributed by atoms with Gasteiger partial charge in [-0.1, -0.05) is 11.6 Å². The molecular weight excluding hydrogens is 185 g/mol. The number of hydrogen-bond acceptors (Lipinski definition) is 3. The second kappa shape index (κ2) is 2.28. The zero-order chi connectivity index (χ0) is 7.02. The van der Waals surface area contributed by atoms with Gasteiger partial charge in [0.1, 0.15) is 4.76 Å². The minimum Gasteiger partial charge on any atom is -0.202 e. The van der Waals surface area contributed by atoms with E-state index in [9.17, 15) is 9.70 Å². The Morgan fingerprint density at radius 2 is 2.00 bits per heavy atom. The van der Waals surface area contributed by atoms with Crippen molar-refractivity contribution in [1.82, 2.24) is 0 Å². The Hall–Kier alpha value is -0.0600. The summed E-state index contributed by atoms with van der Waals surface area (Å²) in [5.41, 5.74) is 0. The summed E-state index contributed by atoms with van der Waals surface area (Å²) >= 11 is 11.2. The van der Waals surface area contributed by atoms with Gasteiger partial charge in [0.2, 0.25) is 0 Å². The Morgan fingerprint density at radius 1 is 1.44 bits per heavy atom. The van der Waals surface area contributed by atoms with E-state index < -0.39 is 5.24 Å². The van der Waals surface area contributed by atoms with E-state index in [-0.39, 0.29) is 14.3 Å². The van der Waals surface area contributed by atoms with Crippen molar-refractivity contribution in [3.05, 3.63) is 14.4 Å². The van der Waals surface area contributed by atoms with Crippen molar-refractivity contribution in [2.45, 2.75) is 0 Å². The molecular formula is C3Cl2NO2S+. The van der Waals surface area contributed by atoms with E-state index >= 15 is 0 Å². The van der Waals surface area contributed by atoms with Crippen molar-refractivity contribution in [2.75, 3.05) is 0 Å². The maximum atomic E-state index is 10.4. The SMILES string of the molecule is O=C1SC(Cl)=C(Cl)[N+]1=O. The molecule has 0 saturated heterocycles. The molecule has 1 heterocycles. The first-order chi connectivity index (χ1) is 4.13. The molecule has 1 rings (SSSR count). The van der Waals surface area contributed by atoms with E-state index in [1.165, 1.54) is 0 Å². The zero-order valence-corrected chi connectivity index (χ0v) is 6.26. The van der Waals surface area contributed by atoms with Crippen molar-refractivity contribution in [2.24, 2.45) is 0 Å². The lowest BCUT2D eigenvalue weighted by Gasteiger charge is -1.67. The third kappa shape index (κ3) is 1.10. The molecule has 0 aromatic heterocycles. The predicted octanol–water partition coefficient (Wildman–Crippen LogP) is 2.24. The van der Waals surface area contributed by atoms with Gasteiger partial charge in [0.25, 0.3) is 0 Å². The van der Waals surface area contributed by atoms with Gasteiger partial charge in [-0.2, -0.15) is 0 Å². The fourth-order valence-corrected chi connectivity index (χ4v) is 1.33. The molecule has 0 bridgehead atoms. The van der Waals surface area contributed by atoms with Crippen LogP contribution in [0.3, 0.4) is 0 Å². The molecule has 0 fully saturated rings. The van der Waals surface area contributed by atoms with Crippen LogP contribution in [0.2, 0.25) is 0 Å². The molecule has 0 saturated carbocycles. The third-order valence-corrected chi connectivity index (χ3v) is 2.36. The molecule has 48 valence electrons. The molecule has 1 aliphatic rings. The van der Waals surface area contributed by atoms with Gasteiger partial charge in [0.05, 0.1) is 11.8 Å². The van der Waals surface area contributed by atoms with Crippen LogP contribution in [0.4, 0.5) is 4.79 Å². The van der Waals surface area contributed by atoms with E-state index in [1.54, 1.807) is 0 Å². The summed E-state index contributed by atoms with van der Waals surface area (Å²) in [5, 5.41) is -0.934. The Labute approximate surface area is 64.6 Å². The number of thioether (sulfide) groups is 1. The van der Waals surface area contributed by atoms with Crippen LogP contribution in [0, 0.1) is 4.91 Å². The molecule has 1 aliphatic heterocycles. The number of carbonyl (C=O) groups is 1. The molecule has 0 aliphatic carbocycles. The fourth-order valence-electron chi connectivity index (χ4n) is 0.320. The first-order valence-electron chi connectivity index (χ1n) is 1.87. The van der Waals surface area contributed by atoms with Crippen LogP contribution < -0.4 is 0 Å². The molecule has 0 atom stereocenters. The average Bonchev–Trinajstić information content (AvgIpc) is 1.98. The van der Waals surface area contributed by atoms with Gasteiger partial charge in [0.15, 0.2) is 4.36 Å². The van der Waals surface area contributed by atoms with Gasteiger partial charge in [-0.3, -0.25) is 0 Å². The van der Waals surface area contributed by atoms with Gasteiger partial charge in [-0.25, -0.2) is 4.79 Å². The molecule has 0 N–H and O–H groups in total. The van der Waals surface area contributed by atoms with Crippen LogP contribution in [0.25, 0.3) is 0 Å². The number of rotatable bonds is 0. The Morgan fingerprint density at radius 3 is 2.11 bits per heavy atom. The summed E-state index contributed by atoms with van der Waals surface area (Å²) in [6, 6.07) is 0. The van der Waals surface area contributed by atoms with Crippen LogP contribution in [0.1, 0.15) is 0 Å². The highest BCUT2D eigenvalue weighted by atomic mass is 35.5. The van der Waals surface area contributed by atoms with Crippen molar-refractivity contribution in [1.29, 1.82) is 0 Å². The van der Waals surface area contributed by atoms with E-state index in [2.05, 4.69) is 0 Å². The minimum atomic E-state index is -0.690. The van der Waals surface area contributed by atoms with Crippen LogP contribution in [0.15, 0.2) is 9.52 Å². The van der Waals surface area contributed by atoms with Crippen LogP contribution >= 0.6 is 35.0 Å². The molecule has 0 spiro atoms. The Bertz CT molecular complexity index is 221. The molecule has 0 unspecified atom stereocenters. The minimum absolute atomic E-state index is 0.0386. The van der Waals surface area contributed by atoms with E-state index in [1.807, 2.05) is 0 Å². The molecule has 0 aromatic carbocycles. The summed E-state index contributed by atoms with van der Waals surface area (Å²) in [4.78, 5) is 20.7. The standard InChI is InChI=1S/C3Cl2NO2S/c4-1-2(5)9-3(7)6(1)8/q+1. The molecule has 0 aromatic rings. The van der Waals surface area contributed by atoms with Crippen LogP contribution in [-0.4, -0.2) is 10.00 Å². The molecule has 9 heavy (non-hydrogen) atoms. The maximum absolute atomic E-state index is 10.4. The average molecular weight is 185 g/mol. The van der Waals surface area contributed by atoms with Gasteiger partial charge in [-0.15, -0.1) is 0 Å². The van der Waals surface area contributed by atoms with Crippen molar-refractivity contribution >= 4 is 40.2 Å². The van der Waals surface area contributed by atoms with Crippen molar-refractivity contribution < 1.29 is 9.55 Å². The van der Waals surface area contributed by atoms with E-state index in [0.29, 0.717) is 11.8 Å². The topological polar surface area (TPSA) is 37.1 Å². The van der Waals surface area contributed by atoms with E-state index in [4.69, 9.17) is 23.2 Å². The monoisotopic (exact) mass is 184 g/mol. The Balaban J connectivity index is 3.01. The summed E-state index contributed by atoms with van der Waals surface area (Å²) in [5.74, 6) is 0. The molecule has 0 radical (unpaired) electrons. The highest BCUT2D eigenvalue weighted by molar-refractivity contribution is 8.18. The van der Waals surface area contributed by atoms with E-state index in [0.717, 1.165) is 0 Å². The van der Waals surface area contributed by atoms with Crippen molar-refractivity contribution in [3.63, 3.8) is 0 Å². The number of nitroso groups, excluding NO2 is 1. The van der Waals surface area contributed by atoms with Crippen LogP contribution in [0.5, 0.6) is 0 Å². The lowest BCUT2D eigenvalue weighted by molar-refractivity contribution is -0.367. The zero-order valence-electron chi connectivity index (χ0n) is 3.93. The van der Waals surface area contributed by atoms with Gasteiger partial charge < -0.3 is 0 Å². The number of carbonyl (C=O) groups excluding carboxylic acids is 1. The second-order valence-corrected chi connectivity index (χ2v) is 3.15. The first-order valence-corrected chi connectivity index (χ1v) is 3.44. The normalized spacial score (nSPS) is 19.8. The summed E-state index contributed by atoms with van der Waals surface area (Å²) < 4.78 is 0.0887. The first kappa shape index (κ1) is 7.05. The third-order valence-electron chi connectivity index (χ3n) is 0.683. The largest absolute Gasteiger partial charge is 0.508 e. The van der Waals surface area contributed by atoms with Gasteiger partial charge in [-0.05, 0) is 11.6 Å². The molecule has 1 amide bonds. The smallest absolute Gasteiger partial charge is 0.202 e. The highest BCUT2D eigenvalue weighted by Crippen LogP contribution is 2.35. The number of halogens is 2. The summed E-state index contributed by atoms with van der Waals surface area (Å²) in [6.07, 6.45) is 0. The predicted molar refractivity (Wildman–Crippen MR) is 35.3 cm³/mol. The number of nitrogens with zero attached hydrogens (tertiary/aromatic N) is 1. The lowest BCUT2D eigenvalue weighted by Crippen LogP contribution is -2.01. The van der Waals surface area contributed by atoms with Gasteiger partial charge >= 0.3 is 10.4 Å². The quantitative estimate of drug-likeness (QED) is 0.428. The maximum Gasteiger partial charge on any atom is 0.508 e. The number of amides is 1. The van der Waals surface area contributed by atoms with Gasteiger partial charge in [0, 0.05) is 4.91 Å². The lowest BCUT2D eigenvalue weighted by atomic mass is 11.0. The Kier molecular flexibility index (Phi) is 1.79. The summed E-state index contributed by atoms with van der Waals surface area (Å²) in [7, 11) is 0. The second-order valence-electron chi connectivity index (χ2n) is 1.23.